The van der Waals surface area contributed by atoms with Gasteiger partial charge in [0.2, 0.25) is 10.0 Å². The molecule has 2 rings (SSSR count). The zero-order valence-corrected chi connectivity index (χ0v) is 13.0. The molecule has 0 fully saturated rings. The van der Waals surface area contributed by atoms with Gasteiger partial charge in [-0.05, 0) is 29.7 Å². The van der Waals surface area contributed by atoms with Crippen LogP contribution in [-0.4, -0.2) is 21.2 Å². The van der Waals surface area contributed by atoms with Crippen molar-refractivity contribution in [1.29, 1.82) is 0 Å². The Morgan fingerprint density at radius 3 is 2.33 bits per heavy atom. The van der Waals surface area contributed by atoms with Crippen molar-refractivity contribution in [3.05, 3.63) is 60.2 Å². The molecule has 0 aromatic heterocycles. The van der Waals surface area contributed by atoms with Crippen LogP contribution in [0.5, 0.6) is 0 Å². The summed E-state index contributed by atoms with van der Waals surface area (Å²) in [6.07, 6.45) is 1.14. The maximum Gasteiger partial charge on any atom is 0.229 e. The van der Waals surface area contributed by atoms with Gasteiger partial charge >= 0.3 is 0 Å². The summed E-state index contributed by atoms with van der Waals surface area (Å²) in [5.74, 6) is 0.373. The normalized spacial score (nSPS) is 12.7. The number of sulfonamides is 1. The standard InChI is InChI=1S/C16H20N2O2S/c1-13(14-7-4-3-5-8-14)12-17-15-9-6-10-16(11-15)18-21(2,19)20/h3-11,13,17-18H,12H2,1-2H3. The van der Waals surface area contributed by atoms with Crippen LogP contribution in [0.4, 0.5) is 11.4 Å². The molecule has 4 nitrogen and oxygen atoms in total. The van der Waals surface area contributed by atoms with Gasteiger partial charge in [-0.15, -0.1) is 0 Å². The Balaban J connectivity index is 1.99. The van der Waals surface area contributed by atoms with Crippen molar-refractivity contribution < 1.29 is 8.42 Å². The van der Waals surface area contributed by atoms with E-state index >= 15 is 0 Å². The highest BCUT2D eigenvalue weighted by molar-refractivity contribution is 7.92. The molecule has 2 aromatic rings. The summed E-state index contributed by atoms with van der Waals surface area (Å²) in [6, 6.07) is 17.5. The fraction of sp³-hybridized carbons (Fsp3) is 0.250. The number of rotatable bonds is 6. The molecule has 2 aromatic carbocycles. The van der Waals surface area contributed by atoms with E-state index in [4.69, 9.17) is 0 Å². The van der Waals surface area contributed by atoms with E-state index in [0.29, 0.717) is 11.6 Å². The first kappa shape index (κ1) is 15.4. The molecule has 21 heavy (non-hydrogen) atoms. The summed E-state index contributed by atoms with van der Waals surface area (Å²) in [5.41, 5.74) is 2.73. The van der Waals surface area contributed by atoms with Crippen molar-refractivity contribution in [2.45, 2.75) is 12.8 Å². The first-order valence-corrected chi connectivity index (χ1v) is 8.70. The Morgan fingerprint density at radius 1 is 1.00 bits per heavy atom. The molecule has 0 aliphatic heterocycles. The van der Waals surface area contributed by atoms with Gasteiger partial charge < -0.3 is 5.32 Å². The molecule has 0 aliphatic carbocycles. The Bertz CT molecular complexity index is 684. The lowest BCUT2D eigenvalue weighted by atomic mass is 10.0. The molecule has 2 N–H and O–H groups in total. The molecule has 5 heteroatoms. The summed E-state index contributed by atoms with van der Waals surface area (Å²) >= 11 is 0. The quantitative estimate of drug-likeness (QED) is 0.861. The lowest BCUT2D eigenvalue weighted by molar-refractivity contribution is 0.607. The highest BCUT2D eigenvalue weighted by Gasteiger charge is 2.06. The van der Waals surface area contributed by atoms with Gasteiger partial charge in [0.1, 0.15) is 0 Å². The number of hydrogen-bond donors (Lipinski definition) is 2. The Hall–Kier alpha value is -2.01. The molecule has 0 bridgehead atoms. The fourth-order valence-electron chi connectivity index (χ4n) is 2.08. The van der Waals surface area contributed by atoms with Crippen molar-refractivity contribution in [1.82, 2.24) is 0 Å². The topological polar surface area (TPSA) is 58.2 Å². The van der Waals surface area contributed by atoms with Gasteiger partial charge in [0.15, 0.2) is 0 Å². The summed E-state index contributed by atoms with van der Waals surface area (Å²) in [5, 5.41) is 3.33. The molecule has 0 saturated heterocycles. The van der Waals surface area contributed by atoms with E-state index in [1.807, 2.05) is 30.3 Å². The predicted molar refractivity (Wildman–Crippen MR) is 88.3 cm³/mol. The Kier molecular flexibility index (Phi) is 4.85. The van der Waals surface area contributed by atoms with E-state index in [1.54, 1.807) is 12.1 Å². The van der Waals surface area contributed by atoms with Gasteiger partial charge in [0.25, 0.3) is 0 Å². The third-order valence-electron chi connectivity index (χ3n) is 3.15. The average molecular weight is 304 g/mol. The molecule has 0 amide bonds. The molecular weight excluding hydrogens is 284 g/mol. The van der Waals surface area contributed by atoms with E-state index in [0.717, 1.165) is 18.5 Å². The van der Waals surface area contributed by atoms with Gasteiger partial charge in [0, 0.05) is 12.2 Å². The Morgan fingerprint density at radius 2 is 1.67 bits per heavy atom. The minimum absolute atomic E-state index is 0.373. The summed E-state index contributed by atoms with van der Waals surface area (Å²) < 4.78 is 24.9. The van der Waals surface area contributed by atoms with Crippen LogP contribution in [0.3, 0.4) is 0 Å². The number of anilines is 2. The highest BCUT2D eigenvalue weighted by atomic mass is 32.2. The highest BCUT2D eigenvalue weighted by Crippen LogP contribution is 2.19. The summed E-state index contributed by atoms with van der Waals surface area (Å²) in [4.78, 5) is 0. The van der Waals surface area contributed by atoms with E-state index in [9.17, 15) is 8.42 Å². The van der Waals surface area contributed by atoms with E-state index in [2.05, 4.69) is 29.1 Å². The van der Waals surface area contributed by atoms with Crippen molar-refractivity contribution in [2.75, 3.05) is 22.8 Å². The second-order valence-corrected chi connectivity index (χ2v) is 6.90. The van der Waals surface area contributed by atoms with Crippen LogP contribution in [0, 0.1) is 0 Å². The monoisotopic (exact) mass is 304 g/mol. The van der Waals surface area contributed by atoms with E-state index in [-0.39, 0.29) is 0 Å². The molecule has 0 aliphatic rings. The number of benzene rings is 2. The largest absolute Gasteiger partial charge is 0.384 e. The van der Waals surface area contributed by atoms with Crippen molar-refractivity contribution in [3.8, 4) is 0 Å². The third kappa shape index (κ3) is 5.11. The first-order chi connectivity index (χ1) is 9.94. The molecule has 112 valence electrons. The maximum absolute atomic E-state index is 11.2. The zero-order chi connectivity index (χ0) is 15.3. The van der Waals surface area contributed by atoms with Crippen LogP contribution >= 0.6 is 0 Å². The lowest BCUT2D eigenvalue weighted by Crippen LogP contribution is -2.11. The van der Waals surface area contributed by atoms with Crippen LogP contribution < -0.4 is 10.0 Å². The second kappa shape index (κ2) is 6.63. The van der Waals surface area contributed by atoms with Gasteiger partial charge in [-0.2, -0.15) is 0 Å². The van der Waals surface area contributed by atoms with Crippen LogP contribution in [0.1, 0.15) is 18.4 Å². The van der Waals surface area contributed by atoms with Crippen LogP contribution in [0.2, 0.25) is 0 Å². The maximum atomic E-state index is 11.2. The van der Waals surface area contributed by atoms with E-state index < -0.39 is 10.0 Å². The van der Waals surface area contributed by atoms with Gasteiger partial charge in [-0.1, -0.05) is 43.3 Å². The summed E-state index contributed by atoms with van der Waals surface area (Å²) in [6.45, 7) is 2.94. The smallest absolute Gasteiger partial charge is 0.229 e. The minimum Gasteiger partial charge on any atom is -0.384 e. The van der Waals surface area contributed by atoms with Gasteiger partial charge in [-0.25, -0.2) is 8.42 Å². The Labute approximate surface area is 126 Å². The SMILES string of the molecule is CC(CNc1cccc(NS(C)(=O)=O)c1)c1ccccc1. The predicted octanol–water partition coefficient (Wildman–Crippen LogP) is 3.27. The molecule has 0 heterocycles. The molecule has 0 saturated carbocycles. The van der Waals surface area contributed by atoms with Crippen molar-refractivity contribution in [2.24, 2.45) is 0 Å². The van der Waals surface area contributed by atoms with Crippen LogP contribution in [-0.2, 0) is 10.0 Å². The molecule has 1 unspecified atom stereocenters. The van der Waals surface area contributed by atoms with Crippen LogP contribution in [0.15, 0.2) is 54.6 Å². The molecule has 0 spiro atoms. The molecule has 0 radical (unpaired) electrons. The third-order valence-corrected chi connectivity index (χ3v) is 3.75. The zero-order valence-electron chi connectivity index (χ0n) is 12.2. The van der Waals surface area contributed by atoms with Crippen molar-refractivity contribution in [3.63, 3.8) is 0 Å². The number of nitrogens with one attached hydrogen (secondary N) is 2. The van der Waals surface area contributed by atoms with Gasteiger partial charge in [0.05, 0.1) is 11.9 Å². The fourth-order valence-corrected chi connectivity index (χ4v) is 2.63. The van der Waals surface area contributed by atoms with Crippen LogP contribution in [0.25, 0.3) is 0 Å². The molecule has 1 atom stereocenters. The first-order valence-electron chi connectivity index (χ1n) is 6.81. The molecular formula is C16H20N2O2S. The lowest BCUT2D eigenvalue weighted by Gasteiger charge is -2.14. The van der Waals surface area contributed by atoms with E-state index in [1.165, 1.54) is 5.56 Å². The second-order valence-electron chi connectivity index (χ2n) is 5.15. The number of hydrogen-bond acceptors (Lipinski definition) is 3. The van der Waals surface area contributed by atoms with Crippen molar-refractivity contribution >= 4 is 21.4 Å². The summed E-state index contributed by atoms with van der Waals surface area (Å²) in [7, 11) is -3.25. The van der Waals surface area contributed by atoms with Gasteiger partial charge in [-0.3, -0.25) is 4.72 Å². The average Bonchev–Trinajstić information content (AvgIpc) is 2.44. The minimum atomic E-state index is -3.25.